The second-order valence-electron chi connectivity index (χ2n) is 8.58. The average molecular weight is 458 g/mol. The lowest BCUT2D eigenvalue weighted by atomic mass is 10.1. The number of piperazine rings is 1. The lowest BCUT2D eigenvalue weighted by molar-refractivity contribution is -0.0786. The van der Waals surface area contributed by atoms with E-state index in [2.05, 4.69) is 27.0 Å². The van der Waals surface area contributed by atoms with Crippen LogP contribution in [0.15, 0.2) is 42.6 Å². The molecule has 8 heteroatoms. The first-order valence-electron chi connectivity index (χ1n) is 11.0. The first kappa shape index (κ1) is 21.4. The lowest BCUT2D eigenvalue weighted by Crippen LogP contribution is -2.52. The van der Waals surface area contributed by atoms with Gasteiger partial charge in [0.15, 0.2) is 17.1 Å². The summed E-state index contributed by atoms with van der Waals surface area (Å²) < 4.78 is 11.9. The van der Waals surface area contributed by atoms with E-state index in [0.717, 1.165) is 55.4 Å². The minimum Gasteiger partial charge on any atom is -0.483 e. The minimum atomic E-state index is -1.09. The first-order chi connectivity index (χ1) is 15.6. The maximum atomic E-state index is 9.62. The normalized spacial score (nSPS) is 18.3. The summed E-state index contributed by atoms with van der Waals surface area (Å²) in [5.41, 5.74) is 2.32. The molecule has 7 nitrogen and oxygen atoms in total. The number of aromatic nitrogens is 1. The Morgan fingerprint density at radius 2 is 1.88 bits per heavy atom. The van der Waals surface area contributed by atoms with E-state index >= 15 is 0 Å². The van der Waals surface area contributed by atoms with Crippen LogP contribution in [0.4, 0.5) is 5.69 Å². The summed E-state index contributed by atoms with van der Waals surface area (Å²) in [6.07, 6.45) is 3.08. The number of hydrogen-bond donors (Lipinski definition) is 3. The number of ether oxygens (including phenoxy) is 2. The molecule has 0 unspecified atom stereocenters. The van der Waals surface area contributed by atoms with Gasteiger partial charge in [-0.3, -0.25) is 4.90 Å². The van der Waals surface area contributed by atoms with E-state index in [-0.39, 0.29) is 19.8 Å². The Hall–Kier alpha value is -2.45. The van der Waals surface area contributed by atoms with E-state index in [0.29, 0.717) is 11.5 Å². The van der Waals surface area contributed by atoms with Crippen molar-refractivity contribution >= 4 is 28.2 Å². The molecule has 0 atom stereocenters. The fourth-order valence-corrected chi connectivity index (χ4v) is 4.68. The molecule has 3 aromatic rings. The van der Waals surface area contributed by atoms with Crippen molar-refractivity contribution in [3.05, 3.63) is 53.2 Å². The highest BCUT2D eigenvalue weighted by molar-refractivity contribution is 6.31. The molecule has 2 aliphatic heterocycles. The smallest absolute Gasteiger partial charge is 0.188 e. The van der Waals surface area contributed by atoms with E-state index in [9.17, 15) is 10.2 Å². The van der Waals surface area contributed by atoms with Crippen molar-refractivity contribution in [2.45, 2.75) is 12.0 Å². The number of aliphatic hydroxyl groups is 2. The molecule has 3 N–H and O–H groups in total. The second kappa shape index (κ2) is 8.83. The predicted molar refractivity (Wildman–Crippen MR) is 125 cm³/mol. The van der Waals surface area contributed by atoms with Gasteiger partial charge in [-0.25, -0.2) is 0 Å². The van der Waals surface area contributed by atoms with Gasteiger partial charge in [-0.05, 0) is 36.2 Å². The predicted octanol–water partition coefficient (Wildman–Crippen LogP) is 2.68. The van der Waals surface area contributed by atoms with Crippen LogP contribution in [-0.2, 0) is 6.42 Å². The van der Waals surface area contributed by atoms with Gasteiger partial charge >= 0.3 is 0 Å². The molecular weight excluding hydrogens is 430 g/mol. The summed E-state index contributed by atoms with van der Waals surface area (Å²) in [7, 11) is 0. The molecule has 1 aromatic heterocycles. The Morgan fingerprint density at radius 3 is 2.66 bits per heavy atom. The summed E-state index contributed by atoms with van der Waals surface area (Å²) >= 11 is 6.09. The van der Waals surface area contributed by atoms with Gasteiger partial charge in [0.25, 0.3) is 0 Å². The van der Waals surface area contributed by atoms with Crippen molar-refractivity contribution in [3.8, 4) is 11.5 Å². The summed E-state index contributed by atoms with van der Waals surface area (Å²) in [6, 6.07) is 11.8. The van der Waals surface area contributed by atoms with Gasteiger partial charge in [0.2, 0.25) is 0 Å². The number of fused-ring (bicyclic) bond motifs is 2. The van der Waals surface area contributed by atoms with E-state index in [4.69, 9.17) is 21.1 Å². The van der Waals surface area contributed by atoms with Crippen molar-refractivity contribution in [2.24, 2.45) is 0 Å². The van der Waals surface area contributed by atoms with Gasteiger partial charge in [0.05, 0.1) is 18.9 Å². The van der Waals surface area contributed by atoms with Gasteiger partial charge in [0.1, 0.15) is 6.61 Å². The molecule has 0 aliphatic carbocycles. The van der Waals surface area contributed by atoms with Gasteiger partial charge in [0, 0.05) is 54.8 Å². The van der Waals surface area contributed by atoms with Crippen LogP contribution in [0.5, 0.6) is 11.5 Å². The number of rotatable bonds is 6. The van der Waals surface area contributed by atoms with Crippen LogP contribution in [0.25, 0.3) is 10.9 Å². The van der Waals surface area contributed by atoms with Crippen LogP contribution in [0, 0.1) is 0 Å². The lowest BCUT2D eigenvalue weighted by Gasteiger charge is -2.40. The molecule has 0 amide bonds. The highest BCUT2D eigenvalue weighted by Crippen LogP contribution is 2.42. The highest BCUT2D eigenvalue weighted by atomic mass is 35.5. The first-order valence-corrected chi connectivity index (χ1v) is 11.4. The number of anilines is 1. The SMILES string of the molecule is OCC1(CO)COc2c(cccc2N2CCN(CCc3c[nH]c4cc(Cl)ccc34)CC2)O1. The summed E-state index contributed by atoms with van der Waals surface area (Å²) in [5, 5.41) is 21.2. The van der Waals surface area contributed by atoms with Crippen molar-refractivity contribution in [1.29, 1.82) is 0 Å². The molecule has 2 aromatic carbocycles. The summed E-state index contributed by atoms with van der Waals surface area (Å²) in [5.74, 6) is 1.26. The zero-order valence-electron chi connectivity index (χ0n) is 17.9. The molecule has 1 fully saturated rings. The van der Waals surface area contributed by atoms with Crippen molar-refractivity contribution in [2.75, 3.05) is 57.4 Å². The molecule has 170 valence electrons. The van der Waals surface area contributed by atoms with Crippen molar-refractivity contribution < 1.29 is 19.7 Å². The Labute approximate surface area is 192 Å². The van der Waals surface area contributed by atoms with Crippen LogP contribution in [0.2, 0.25) is 5.02 Å². The molecule has 2 aliphatic rings. The standard InChI is InChI=1S/C24H28ClN3O4/c25-18-4-5-19-17(13-26-20(19)12-18)6-7-27-8-10-28(11-9-27)21-2-1-3-22-23(21)31-16-24(14-29,15-30)32-22/h1-5,12-13,26,29-30H,6-11,14-16H2. The zero-order valence-corrected chi connectivity index (χ0v) is 18.6. The van der Waals surface area contributed by atoms with E-state index in [1.807, 2.05) is 30.3 Å². The molecular formula is C24H28ClN3O4. The highest BCUT2D eigenvalue weighted by Gasteiger charge is 2.38. The maximum absolute atomic E-state index is 9.62. The van der Waals surface area contributed by atoms with E-state index in [1.165, 1.54) is 10.9 Å². The molecule has 32 heavy (non-hydrogen) atoms. The quantitative estimate of drug-likeness (QED) is 0.528. The number of hydrogen-bond acceptors (Lipinski definition) is 6. The van der Waals surface area contributed by atoms with Crippen LogP contribution in [-0.4, -0.2) is 78.2 Å². The number of aliphatic hydroxyl groups excluding tert-OH is 2. The van der Waals surface area contributed by atoms with Crippen LogP contribution in [0.3, 0.4) is 0 Å². The third-order valence-electron chi connectivity index (χ3n) is 6.48. The molecule has 3 heterocycles. The van der Waals surface area contributed by atoms with Crippen LogP contribution in [0.1, 0.15) is 5.56 Å². The van der Waals surface area contributed by atoms with Gasteiger partial charge in [-0.15, -0.1) is 0 Å². The van der Waals surface area contributed by atoms with Crippen molar-refractivity contribution in [1.82, 2.24) is 9.88 Å². The van der Waals surface area contributed by atoms with Gasteiger partial charge in [-0.1, -0.05) is 23.7 Å². The molecule has 1 saturated heterocycles. The zero-order chi connectivity index (χ0) is 22.1. The van der Waals surface area contributed by atoms with Gasteiger partial charge in [-0.2, -0.15) is 0 Å². The fourth-order valence-electron chi connectivity index (χ4n) is 4.51. The Morgan fingerprint density at radius 1 is 1.06 bits per heavy atom. The third kappa shape index (κ3) is 4.01. The second-order valence-corrected chi connectivity index (χ2v) is 9.01. The summed E-state index contributed by atoms with van der Waals surface area (Å²) in [4.78, 5) is 8.12. The fraction of sp³-hybridized carbons (Fsp3) is 0.417. The Balaban J connectivity index is 1.21. The molecule has 0 radical (unpaired) electrons. The number of nitrogens with one attached hydrogen (secondary N) is 1. The Bertz CT molecular complexity index is 1090. The Kier molecular flexibility index (Phi) is 5.90. The average Bonchev–Trinajstić information content (AvgIpc) is 3.24. The monoisotopic (exact) mass is 457 g/mol. The summed E-state index contributed by atoms with van der Waals surface area (Å²) in [6.45, 7) is 4.27. The number of halogens is 1. The minimum absolute atomic E-state index is 0.125. The van der Waals surface area contributed by atoms with E-state index in [1.54, 1.807) is 0 Å². The number of nitrogens with zero attached hydrogens (tertiary/aromatic N) is 2. The van der Waals surface area contributed by atoms with Crippen molar-refractivity contribution in [3.63, 3.8) is 0 Å². The number of aromatic amines is 1. The number of H-pyrrole nitrogens is 1. The van der Waals surface area contributed by atoms with Crippen LogP contribution < -0.4 is 14.4 Å². The van der Waals surface area contributed by atoms with Gasteiger partial charge < -0.3 is 29.6 Å². The molecule has 0 saturated carbocycles. The number of benzene rings is 2. The number of para-hydroxylation sites is 1. The molecule has 0 bridgehead atoms. The largest absolute Gasteiger partial charge is 0.483 e. The topological polar surface area (TPSA) is 81.2 Å². The molecule has 0 spiro atoms. The van der Waals surface area contributed by atoms with E-state index < -0.39 is 5.60 Å². The third-order valence-corrected chi connectivity index (χ3v) is 6.72. The maximum Gasteiger partial charge on any atom is 0.188 e. The van der Waals surface area contributed by atoms with Crippen LogP contribution >= 0.6 is 11.6 Å². The molecule has 5 rings (SSSR count).